The minimum Gasteiger partial charge on any atom is -0.490 e. The van der Waals surface area contributed by atoms with E-state index in [2.05, 4.69) is 4.98 Å². The van der Waals surface area contributed by atoms with Crippen molar-refractivity contribution in [2.45, 2.75) is 13.0 Å². The van der Waals surface area contributed by atoms with E-state index in [0.717, 1.165) is 23.3 Å². The molecule has 0 radical (unpaired) electrons. The highest BCUT2D eigenvalue weighted by Crippen LogP contribution is 2.27. The summed E-state index contributed by atoms with van der Waals surface area (Å²) in [4.78, 5) is 16.0. The summed E-state index contributed by atoms with van der Waals surface area (Å²) < 4.78 is 55.9. The summed E-state index contributed by atoms with van der Waals surface area (Å²) in [5, 5.41) is 10.0. The molecule has 4 rings (SSSR count). The van der Waals surface area contributed by atoms with Gasteiger partial charge in [0.25, 0.3) is 0 Å². The highest BCUT2D eigenvalue weighted by atomic mass is 19.2. The van der Waals surface area contributed by atoms with Gasteiger partial charge in [-0.2, -0.15) is 0 Å². The molecule has 196 valence electrons. The van der Waals surface area contributed by atoms with Crippen molar-refractivity contribution in [1.29, 1.82) is 0 Å². The molecule has 1 heterocycles. The number of ether oxygens (including phenoxy) is 3. The molecule has 0 amide bonds. The van der Waals surface area contributed by atoms with Crippen LogP contribution < -0.4 is 9.47 Å². The first kappa shape index (κ1) is 26.7. The molecule has 3 aromatic carbocycles. The third-order valence-electron chi connectivity index (χ3n) is 5.64. The van der Waals surface area contributed by atoms with E-state index < -0.39 is 30.6 Å². The van der Waals surface area contributed by atoms with Crippen molar-refractivity contribution < 1.29 is 37.3 Å². The number of hydrogen-bond acceptors (Lipinski definition) is 5. The predicted molar refractivity (Wildman–Crippen MR) is 137 cm³/mol. The maximum absolute atomic E-state index is 13.6. The molecule has 1 unspecified atom stereocenters. The number of fused-ring (bicyclic) bond motifs is 1. The largest absolute Gasteiger partial charge is 0.490 e. The topological polar surface area (TPSA) is 77.9 Å². The Hall–Kier alpha value is -4.37. The molecule has 0 spiro atoms. The average Bonchev–Trinajstić information content (AvgIpc) is 2.91. The second-order valence-corrected chi connectivity index (χ2v) is 8.17. The normalized spacial score (nSPS) is 12.1. The maximum Gasteiger partial charge on any atom is 0.339 e. The average molecular weight is 524 g/mol. The molecule has 0 saturated heterocycles. The van der Waals surface area contributed by atoms with Crippen LogP contribution in [0.1, 0.15) is 40.2 Å². The van der Waals surface area contributed by atoms with Gasteiger partial charge in [-0.25, -0.2) is 22.9 Å². The van der Waals surface area contributed by atoms with Gasteiger partial charge in [-0.3, -0.25) is 0 Å². The summed E-state index contributed by atoms with van der Waals surface area (Å²) in [5.41, 5.74) is 2.39. The number of alkyl halides is 1. The number of carbonyl (C=O) groups is 1. The summed E-state index contributed by atoms with van der Waals surface area (Å²) in [6.45, 7) is 1.18. The molecular formula is C29H24F3NO5. The molecule has 6 nitrogen and oxygen atoms in total. The molecule has 0 bridgehead atoms. The zero-order valence-electron chi connectivity index (χ0n) is 20.4. The van der Waals surface area contributed by atoms with E-state index in [1.54, 1.807) is 18.2 Å². The lowest BCUT2D eigenvalue weighted by Crippen LogP contribution is -2.15. The fourth-order valence-electron chi connectivity index (χ4n) is 3.83. The summed E-state index contributed by atoms with van der Waals surface area (Å²) in [7, 11) is 0. The summed E-state index contributed by atoms with van der Waals surface area (Å²) in [6, 6.07) is 17.1. The molecule has 0 aliphatic rings. The van der Waals surface area contributed by atoms with Crippen LogP contribution >= 0.6 is 0 Å². The number of aromatic carboxylic acids is 1. The number of hydrogen-bond donors (Lipinski definition) is 1. The van der Waals surface area contributed by atoms with E-state index in [-0.39, 0.29) is 23.7 Å². The number of carboxylic acids is 1. The van der Waals surface area contributed by atoms with Crippen molar-refractivity contribution in [3.8, 4) is 11.5 Å². The Balaban J connectivity index is 1.52. The quantitative estimate of drug-likeness (QED) is 0.232. The van der Waals surface area contributed by atoms with Crippen LogP contribution in [0.15, 0.2) is 66.7 Å². The van der Waals surface area contributed by atoms with E-state index in [1.807, 2.05) is 37.3 Å². The number of rotatable bonds is 11. The molecule has 9 heteroatoms. The maximum atomic E-state index is 13.6. The highest BCUT2D eigenvalue weighted by molar-refractivity contribution is 5.91. The van der Waals surface area contributed by atoms with Crippen LogP contribution in [0.3, 0.4) is 0 Å². The van der Waals surface area contributed by atoms with E-state index >= 15 is 0 Å². The van der Waals surface area contributed by atoms with Gasteiger partial charge in [-0.1, -0.05) is 30.3 Å². The lowest BCUT2D eigenvalue weighted by Gasteiger charge is -2.19. The minimum atomic E-state index is -1.24. The zero-order chi connectivity index (χ0) is 27.1. The number of halogens is 3. The van der Waals surface area contributed by atoms with Crippen LogP contribution in [0.25, 0.3) is 23.1 Å². The summed E-state index contributed by atoms with van der Waals surface area (Å²) >= 11 is 0. The molecule has 0 fully saturated rings. The predicted octanol–water partition coefficient (Wildman–Crippen LogP) is 6.84. The summed E-state index contributed by atoms with van der Waals surface area (Å²) in [6.07, 6.45) is 3.08. The van der Waals surface area contributed by atoms with E-state index in [0.29, 0.717) is 23.2 Å². The Labute approximate surface area is 216 Å². The lowest BCUT2D eigenvalue weighted by molar-refractivity contribution is 0.0259. The van der Waals surface area contributed by atoms with Gasteiger partial charge in [0.1, 0.15) is 29.8 Å². The number of aromatic nitrogens is 1. The molecular weight excluding hydrogens is 499 g/mol. The van der Waals surface area contributed by atoms with Crippen LogP contribution in [0.4, 0.5) is 13.2 Å². The van der Waals surface area contributed by atoms with Gasteiger partial charge in [-0.15, -0.1) is 0 Å². The van der Waals surface area contributed by atoms with E-state index in [4.69, 9.17) is 14.2 Å². The molecule has 1 aromatic heterocycles. The van der Waals surface area contributed by atoms with Crippen molar-refractivity contribution in [1.82, 2.24) is 4.98 Å². The Bertz CT molecular complexity index is 1470. The van der Waals surface area contributed by atoms with Gasteiger partial charge in [0.05, 0.1) is 11.2 Å². The smallest absolute Gasteiger partial charge is 0.339 e. The fraction of sp³-hybridized carbons (Fsp3) is 0.172. The van der Waals surface area contributed by atoms with Crippen molar-refractivity contribution in [2.75, 3.05) is 20.1 Å². The first-order chi connectivity index (χ1) is 18.4. The SMILES string of the molecule is CCOC(COc1ccc(OCF)cc1C(=O)O)c1cccc(/C=C/c2ccc3cc(F)c(F)cc3n2)c1. The number of nitrogens with zero attached hydrogens (tertiary/aromatic N) is 1. The van der Waals surface area contributed by atoms with E-state index in [9.17, 15) is 23.1 Å². The molecule has 1 atom stereocenters. The van der Waals surface area contributed by atoms with Crippen LogP contribution in [-0.2, 0) is 4.74 Å². The molecule has 4 aromatic rings. The Kier molecular flexibility index (Phi) is 8.60. The van der Waals surface area contributed by atoms with Crippen LogP contribution in [0.5, 0.6) is 11.5 Å². The Morgan fingerprint density at radius 1 is 1.00 bits per heavy atom. The third kappa shape index (κ3) is 6.49. The molecule has 1 N–H and O–H groups in total. The summed E-state index contributed by atoms with van der Waals surface area (Å²) in [5.74, 6) is -2.93. The first-order valence-corrected chi connectivity index (χ1v) is 11.7. The van der Waals surface area contributed by atoms with Gasteiger partial charge in [0.15, 0.2) is 11.6 Å². The number of pyridine rings is 1. The molecule has 0 aliphatic carbocycles. The van der Waals surface area contributed by atoms with Gasteiger partial charge in [0.2, 0.25) is 6.86 Å². The van der Waals surface area contributed by atoms with Crippen molar-refractivity contribution in [2.24, 2.45) is 0 Å². The second-order valence-electron chi connectivity index (χ2n) is 8.17. The zero-order valence-corrected chi connectivity index (χ0v) is 20.4. The van der Waals surface area contributed by atoms with Crippen LogP contribution in [0.2, 0.25) is 0 Å². The number of benzene rings is 3. The second kappa shape index (κ2) is 12.2. The monoisotopic (exact) mass is 523 g/mol. The fourth-order valence-corrected chi connectivity index (χ4v) is 3.83. The first-order valence-electron chi connectivity index (χ1n) is 11.7. The lowest BCUT2D eigenvalue weighted by atomic mass is 10.1. The molecule has 0 saturated carbocycles. The molecule has 38 heavy (non-hydrogen) atoms. The standard InChI is InChI=1S/C29H24F3NO5/c1-2-36-28(16-37-27-11-10-22(38-17-30)14-23(27)29(34)35)20-5-3-4-18(12-20)6-8-21-9-7-19-13-24(31)25(32)15-26(19)33-21/h3-15,28H,2,16-17H2,1H3,(H,34,35)/b8-6+. The molecule has 0 aliphatic heterocycles. The van der Waals surface area contributed by atoms with Gasteiger partial charge < -0.3 is 19.3 Å². The van der Waals surface area contributed by atoms with E-state index in [1.165, 1.54) is 18.2 Å². The minimum absolute atomic E-state index is 0.0267. The Morgan fingerprint density at radius 2 is 1.82 bits per heavy atom. The third-order valence-corrected chi connectivity index (χ3v) is 5.64. The highest BCUT2D eigenvalue weighted by Gasteiger charge is 2.17. The van der Waals surface area contributed by atoms with Crippen LogP contribution in [0, 0.1) is 11.6 Å². The van der Waals surface area contributed by atoms with Crippen LogP contribution in [-0.4, -0.2) is 36.1 Å². The van der Waals surface area contributed by atoms with Gasteiger partial charge >= 0.3 is 5.97 Å². The Morgan fingerprint density at radius 3 is 2.58 bits per heavy atom. The van der Waals surface area contributed by atoms with Crippen molar-refractivity contribution in [3.63, 3.8) is 0 Å². The number of carboxylic acid groups (broad SMARTS) is 1. The van der Waals surface area contributed by atoms with Crippen molar-refractivity contribution >= 4 is 29.0 Å². The van der Waals surface area contributed by atoms with Gasteiger partial charge in [0, 0.05) is 18.1 Å². The van der Waals surface area contributed by atoms with Gasteiger partial charge in [-0.05, 0) is 60.5 Å². The van der Waals surface area contributed by atoms with Crippen molar-refractivity contribution in [3.05, 3.63) is 101 Å².